The van der Waals surface area contributed by atoms with Crippen LogP contribution in [0.4, 0.5) is 4.79 Å². The number of ether oxygens (including phenoxy) is 2. The maximum atomic E-state index is 11.4. The van der Waals surface area contributed by atoms with E-state index in [0.29, 0.717) is 11.8 Å². The highest BCUT2D eigenvalue weighted by Crippen LogP contribution is 2.30. The van der Waals surface area contributed by atoms with Gasteiger partial charge in [-0.05, 0) is 43.6 Å². The molecule has 0 N–H and O–H groups in total. The van der Waals surface area contributed by atoms with Crippen molar-refractivity contribution in [2.45, 2.75) is 70.3 Å². The minimum absolute atomic E-state index is 0.0929. The maximum absolute atomic E-state index is 11.4. The molecule has 0 aromatic heterocycles. The molecule has 0 aliphatic heterocycles. The summed E-state index contributed by atoms with van der Waals surface area (Å²) in [5.41, 5.74) is 0. The van der Waals surface area contributed by atoms with Crippen LogP contribution in [0.1, 0.15) is 64.2 Å². The van der Waals surface area contributed by atoms with Gasteiger partial charge in [0.2, 0.25) is 0 Å². The number of allylic oxidation sites excluding steroid dienone is 1. The molecule has 2 saturated carbocycles. The first-order chi connectivity index (χ1) is 9.79. The summed E-state index contributed by atoms with van der Waals surface area (Å²) in [6.45, 7) is 0. The lowest BCUT2D eigenvalue weighted by molar-refractivity contribution is 0.0250. The van der Waals surface area contributed by atoms with E-state index in [4.69, 9.17) is 4.74 Å². The molecule has 2 rings (SSSR count). The lowest BCUT2D eigenvalue weighted by Gasteiger charge is -2.28. The maximum Gasteiger partial charge on any atom is 0.508 e. The Hall–Kier alpha value is -0.990. The Morgan fingerprint density at radius 1 is 1.00 bits per heavy atom. The molecule has 2 fully saturated rings. The van der Waals surface area contributed by atoms with Crippen LogP contribution in [0.15, 0.2) is 12.2 Å². The summed E-state index contributed by atoms with van der Waals surface area (Å²) in [6.07, 6.45) is 16.5. The van der Waals surface area contributed by atoms with Gasteiger partial charge in [-0.25, -0.2) is 4.79 Å². The molecule has 2 aliphatic carbocycles. The van der Waals surface area contributed by atoms with Crippen LogP contribution in [0.2, 0.25) is 0 Å². The van der Waals surface area contributed by atoms with Crippen LogP contribution >= 0.6 is 0 Å². The number of carbonyl (C=O) groups is 1. The second-order valence-corrected chi connectivity index (χ2v) is 6.22. The fourth-order valence-corrected chi connectivity index (χ4v) is 3.51. The summed E-state index contributed by atoms with van der Waals surface area (Å²) >= 11 is 0. The molecule has 1 atom stereocenters. The Balaban J connectivity index is 1.93. The molecular formula is C17H28O3. The number of rotatable bonds is 4. The first-order valence-electron chi connectivity index (χ1n) is 8.22. The average molecular weight is 280 g/mol. The molecule has 3 nitrogen and oxygen atoms in total. The normalized spacial score (nSPS) is 23.6. The summed E-state index contributed by atoms with van der Waals surface area (Å²) < 4.78 is 10.2. The van der Waals surface area contributed by atoms with Gasteiger partial charge in [-0.3, -0.25) is 0 Å². The van der Waals surface area contributed by atoms with Crippen LogP contribution in [0.25, 0.3) is 0 Å². The van der Waals surface area contributed by atoms with Gasteiger partial charge in [0.05, 0.1) is 7.11 Å². The first kappa shape index (κ1) is 15.4. The third kappa shape index (κ3) is 4.84. The van der Waals surface area contributed by atoms with Crippen molar-refractivity contribution in [3.8, 4) is 0 Å². The lowest BCUT2D eigenvalue weighted by atomic mass is 9.83. The van der Waals surface area contributed by atoms with Gasteiger partial charge in [-0.1, -0.05) is 44.6 Å². The van der Waals surface area contributed by atoms with E-state index in [-0.39, 0.29) is 6.10 Å². The van der Waals surface area contributed by atoms with Crippen molar-refractivity contribution in [1.82, 2.24) is 0 Å². The molecule has 114 valence electrons. The van der Waals surface area contributed by atoms with E-state index in [2.05, 4.69) is 16.9 Å². The van der Waals surface area contributed by atoms with E-state index in [0.717, 1.165) is 12.8 Å². The quantitative estimate of drug-likeness (QED) is 0.545. The van der Waals surface area contributed by atoms with Crippen LogP contribution in [0.3, 0.4) is 0 Å². The van der Waals surface area contributed by atoms with Crippen molar-refractivity contribution >= 4 is 6.16 Å². The molecule has 0 radical (unpaired) electrons. The minimum atomic E-state index is -0.547. The van der Waals surface area contributed by atoms with Crippen LogP contribution < -0.4 is 0 Å². The third-order valence-electron chi connectivity index (χ3n) is 4.74. The van der Waals surface area contributed by atoms with E-state index in [1.807, 2.05) is 0 Å². The molecule has 0 heterocycles. The van der Waals surface area contributed by atoms with Crippen molar-refractivity contribution in [3.05, 3.63) is 12.2 Å². The predicted molar refractivity (Wildman–Crippen MR) is 79.6 cm³/mol. The van der Waals surface area contributed by atoms with Crippen LogP contribution in [-0.2, 0) is 9.47 Å². The van der Waals surface area contributed by atoms with Crippen molar-refractivity contribution < 1.29 is 14.3 Å². The molecule has 1 unspecified atom stereocenters. The van der Waals surface area contributed by atoms with E-state index in [1.54, 1.807) is 0 Å². The predicted octanol–water partition coefficient (Wildman–Crippen LogP) is 4.85. The molecule has 0 bridgehead atoms. The van der Waals surface area contributed by atoms with Crippen molar-refractivity contribution in [2.24, 2.45) is 11.8 Å². The highest BCUT2D eigenvalue weighted by atomic mass is 16.7. The molecule has 20 heavy (non-hydrogen) atoms. The minimum Gasteiger partial charge on any atom is -0.438 e. The van der Waals surface area contributed by atoms with Gasteiger partial charge in [0.1, 0.15) is 6.10 Å². The van der Waals surface area contributed by atoms with Crippen LogP contribution in [0.5, 0.6) is 0 Å². The summed E-state index contributed by atoms with van der Waals surface area (Å²) in [6, 6.07) is 0. The Morgan fingerprint density at radius 2 is 1.60 bits per heavy atom. The molecule has 0 saturated heterocycles. The van der Waals surface area contributed by atoms with Crippen molar-refractivity contribution in [2.75, 3.05) is 7.11 Å². The summed E-state index contributed by atoms with van der Waals surface area (Å²) in [4.78, 5) is 11.4. The smallest absolute Gasteiger partial charge is 0.438 e. The Morgan fingerprint density at radius 3 is 2.20 bits per heavy atom. The molecular weight excluding hydrogens is 252 g/mol. The van der Waals surface area contributed by atoms with Gasteiger partial charge in [0.25, 0.3) is 0 Å². The fraction of sp³-hybridized carbons (Fsp3) is 0.824. The molecule has 0 amide bonds. The van der Waals surface area contributed by atoms with Gasteiger partial charge in [0.15, 0.2) is 0 Å². The van der Waals surface area contributed by atoms with Crippen LogP contribution in [-0.4, -0.2) is 19.4 Å². The van der Waals surface area contributed by atoms with E-state index in [9.17, 15) is 4.79 Å². The Kier molecular flexibility index (Phi) is 6.41. The fourth-order valence-electron chi connectivity index (χ4n) is 3.51. The largest absolute Gasteiger partial charge is 0.508 e. The van der Waals surface area contributed by atoms with Gasteiger partial charge in [0, 0.05) is 0 Å². The monoisotopic (exact) mass is 280 g/mol. The summed E-state index contributed by atoms with van der Waals surface area (Å²) in [7, 11) is 1.38. The third-order valence-corrected chi connectivity index (χ3v) is 4.74. The average Bonchev–Trinajstić information content (AvgIpc) is 2.53. The lowest BCUT2D eigenvalue weighted by Crippen LogP contribution is -2.27. The SMILES string of the molecule is COC(=O)OC(/C=C/C1CCCCC1)C1CCCCC1. The molecule has 0 spiro atoms. The highest BCUT2D eigenvalue weighted by Gasteiger charge is 2.25. The topological polar surface area (TPSA) is 35.5 Å². The van der Waals surface area contributed by atoms with E-state index >= 15 is 0 Å². The second kappa shape index (κ2) is 8.33. The highest BCUT2D eigenvalue weighted by molar-refractivity contribution is 5.60. The van der Waals surface area contributed by atoms with Crippen molar-refractivity contribution in [1.29, 1.82) is 0 Å². The summed E-state index contributed by atoms with van der Waals surface area (Å²) in [5, 5.41) is 0. The summed E-state index contributed by atoms with van der Waals surface area (Å²) in [5.74, 6) is 1.15. The number of hydrogen-bond donors (Lipinski definition) is 0. The molecule has 3 heteroatoms. The zero-order chi connectivity index (χ0) is 14.2. The Labute approximate surface area is 122 Å². The van der Waals surface area contributed by atoms with Gasteiger partial charge >= 0.3 is 6.16 Å². The Bertz CT molecular complexity index is 312. The molecule has 2 aliphatic rings. The van der Waals surface area contributed by atoms with Gasteiger partial charge in [-0.15, -0.1) is 0 Å². The number of carbonyl (C=O) groups excluding carboxylic acids is 1. The standard InChI is InChI=1S/C17H28O3/c1-19-17(18)20-16(15-10-6-3-7-11-15)13-12-14-8-4-2-5-9-14/h12-16H,2-11H2,1H3/b13-12+. The zero-order valence-electron chi connectivity index (χ0n) is 12.7. The first-order valence-corrected chi connectivity index (χ1v) is 8.22. The van der Waals surface area contributed by atoms with Crippen LogP contribution in [0, 0.1) is 11.8 Å². The number of methoxy groups -OCH3 is 1. The van der Waals surface area contributed by atoms with Gasteiger partial charge in [-0.2, -0.15) is 0 Å². The molecule has 0 aromatic rings. The number of hydrogen-bond acceptors (Lipinski definition) is 3. The second-order valence-electron chi connectivity index (χ2n) is 6.22. The van der Waals surface area contributed by atoms with E-state index in [1.165, 1.54) is 58.5 Å². The van der Waals surface area contributed by atoms with E-state index < -0.39 is 6.16 Å². The van der Waals surface area contributed by atoms with Gasteiger partial charge < -0.3 is 9.47 Å². The zero-order valence-corrected chi connectivity index (χ0v) is 12.7. The molecule has 0 aromatic carbocycles. The van der Waals surface area contributed by atoms with Crippen molar-refractivity contribution in [3.63, 3.8) is 0 Å².